The molecule has 0 aromatic carbocycles. The quantitative estimate of drug-likeness (QED) is 0.812. The van der Waals surface area contributed by atoms with E-state index in [0.29, 0.717) is 30.1 Å². The van der Waals surface area contributed by atoms with Crippen LogP contribution in [0.2, 0.25) is 0 Å². The number of carbonyl (C=O) groups is 1. The van der Waals surface area contributed by atoms with Crippen molar-refractivity contribution in [2.45, 2.75) is 44.7 Å². The molecule has 5 nitrogen and oxygen atoms in total. The van der Waals surface area contributed by atoms with Crippen LogP contribution in [0.25, 0.3) is 0 Å². The topological polar surface area (TPSA) is 77.2 Å². The lowest BCUT2D eigenvalue weighted by Crippen LogP contribution is -2.33. The normalized spacial score (nSPS) is 22.8. The van der Waals surface area contributed by atoms with E-state index < -0.39 is 0 Å². The zero-order valence-electron chi connectivity index (χ0n) is 11.3. The smallest absolute Gasteiger partial charge is 0.341 e. The van der Waals surface area contributed by atoms with Gasteiger partial charge < -0.3 is 15.8 Å². The van der Waals surface area contributed by atoms with Gasteiger partial charge in [-0.15, -0.1) is 0 Å². The van der Waals surface area contributed by atoms with Crippen molar-refractivity contribution in [1.82, 2.24) is 4.98 Å². The summed E-state index contributed by atoms with van der Waals surface area (Å²) in [6.07, 6.45) is 5.73. The van der Waals surface area contributed by atoms with E-state index in [9.17, 15) is 4.79 Å². The Kier molecular flexibility index (Phi) is 4.74. The molecular formula is C14H21N3O2. The molecule has 0 bridgehead atoms. The lowest BCUT2D eigenvalue weighted by Gasteiger charge is -2.27. The second-order valence-corrected chi connectivity index (χ2v) is 4.88. The predicted octanol–water partition coefficient (Wildman–Crippen LogP) is 1.94. The van der Waals surface area contributed by atoms with Crippen LogP contribution in [0.15, 0.2) is 18.3 Å². The fourth-order valence-corrected chi connectivity index (χ4v) is 2.35. The third-order valence-electron chi connectivity index (χ3n) is 3.42. The number of nitrogens with one attached hydrogen (secondary N) is 1. The van der Waals surface area contributed by atoms with Crippen LogP contribution < -0.4 is 11.1 Å². The summed E-state index contributed by atoms with van der Waals surface area (Å²) in [5.74, 6) is 0.284. The van der Waals surface area contributed by atoms with Gasteiger partial charge in [-0.1, -0.05) is 0 Å². The van der Waals surface area contributed by atoms with E-state index in [-0.39, 0.29) is 5.97 Å². The molecule has 0 spiro atoms. The van der Waals surface area contributed by atoms with Crippen molar-refractivity contribution in [2.75, 3.05) is 11.9 Å². The minimum atomic E-state index is -0.328. The number of aromatic nitrogens is 1. The number of rotatable bonds is 4. The van der Waals surface area contributed by atoms with Crippen LogP contribution in [-0.4, -0.2) is 29.6 Å². The van der Waals surface area contributed by atoms with E-state index in [1.807, 2.05) is 0 Å². The molecule has 1 aliphatic rings. The monoisotopic (exact) mass is 263 g/mol. The number of carbonyl (C=O) groups excluding carboxylic acids is 1. The summed E-state index contributed by atoms with van der Waals surface area (Å²) < 4.78 is 5.04. The van der Waals surface area contributed by atoms with Crippen LogP contribution in [0.4, 0.5) is 5.82 Å². The van der Waals surface area contributed by atoms with Crippen molar-refractivity contribution in [1.29, 1.82) is 0 Å². The Bertz CT molecular complexity index is 428. The first kappa shape index (κ1) is 13.8. The van der Waals surface area contributed by atoms with Crippen molar-refractivity contribution in [3.8, 4) is 0 Å². The number of hydrogen-bond donors (Lipinski definition) is 2. The molecule has 0 aliphatic heterocycles. The maximum absolute atomic E-state index is 11.8. The van der Waals surface area contributed by atoms with Crippen LogP contribution >= 0.6 is 0 Å². The molecule has 1 aliphatic carbocycles. The zero-order valence-corrected chi connectivity index (χ0v) is 11.3. The molecule has 0 radical (unpaired) electrons. The second kappa shape index (κ2) is 6.52. The van der Waals surface area contributed by atoms with E-state index >= 15 is 0 Å². The van der Waals surface area contributed by atoms with Gasteiger partial charge in [-0.05, 0) is 44.7 Å². The molecule has 0 atom stereocenters. The minimum absolute atomic E-state index is 0.311. The van der Waals surface area contributed by atoms with Gasteiger partial charge in [0.15, 0.2) is 0 Å². The number of anilines is 1. The van der Waals surface area contributed by atoms with Crippen LogP contribution in [-0.2, 0) is 4.74 Å². The van der Waals surface area contributed by atoms with Gasteiger partial charge in [0.1, 0.15) is 11.4 Å². The van der Waals surface area contributed by atoms with Gasteiger partial charge >= 0.3 is 5.97 Å². The zero-order chi connectivity index (χ0) is 13.7. The Morgan fingerprint density at radius 2 is 2.21 bits per heavy atom. The fourth-order valence-electron chi connectivity index (χ4n) is 2.35. The minimum Gasteiger partial charge on any atom is -0.462 e. The van der Waals surface area contributed by atoms with Crippen molar-refractivity contribution in [2.24, 2.45) is 5.73 Å². The number of esters is 1. The second-order valence-electron chi connectivity index (χ2n) is 4.88. The molecule has 1 aromatic heterocycles. The molecule has 2 rings (SSSR count). The molecule has 0 saturated heterocycles. The van der Waals surface area contributed by atoms with Gasteiger partial charge in [-0.25, -0.2) is 9.78 Å². The number of nitrogens with two attached hydrogens (primary N) is 1. The van der Waals surface area contributed by atoms with E-state index in [1.54, 1.807) is 25.3 Å². The van der Waals surface area contributed by atoms with Gasteiger partial charge in [0.25, 0.3) is 0 Å². The third kappa shape index (κ3) is 3.67. The molecule has 0 unspecified atom stereocenters. The standard InChI is InChI=1S/C14H21N3O2/c1-2-19-14(18)12-4-3-9-16-13(12)17-11-7-5-10(15)6-8-11/h3-4,9-11H,2,5-8,15H2,1H3,(H,16,17). The van der Waals surface area contributed by atoms with Gasteiger partial charge in [0.2, 0.25) is 0 Å². The summed E-state index contributed by atoms with van der Waals surface area (Å²) >= 11 is 0. The number of ether oxygens (including phenoxy) is 1. The molecule has 0 amide bonds. The first-order valence-electron chi connectivity index (χ1n) is 6.85. The van der Waals surface area contributed by atoms with E-state index in [2.05, 4.69) is 10.3 Å². The summed E-state index contributed by atoms with van der Waals surface area (Å²) in [6.45, 7) is 2.16. The Morgan fingerprint density at radius 3 is 2.89 bits per heavy atom. The Hall–Kier alpha value is -1.62. The van der Waals surface area contributed by atoms with Crippen molar-refractivity contribution >= 4 is 11.8 Å². The average molecular weight is 263 g/mol. The Morgan fingerprint density at radius 1 is 1.47 bits per heavy atom. The summed E-state index contributed by atoms with van der Waals surface area (Å²) in [6, 6.07) is 4.13. The first-order chi connectivity index (χ1) is 9.20. The third-order valence-corrected chi connectivity index (χ3v) is 3.42. The van der Waals surface area contributed by atoms with Gasteiger partial charge in [-0.3, -0.25) is 0 Å². The van der Waals surface area contributed by atoms with E-state index in [0.717, 1.165) is 25.7 Å². The van der Waals surface area contributed by atoms with E-state index in [1.165, 1.54) is 0 Å². The molecule has 104 valence electrons. The molecule has 1 heterocycles. The number of nitrogens with zero attached hydrogens (tertiary/aromatic N) is 1. The fraction of sp³-hybridized carbons (Fsp3) is 0.571. The highest BCUT2D eigenvalue weighted by Crippen LogP contribution is 2.22. The van der Waals surface area contributed by atoms with Gasteiger partial charge in [-0.2, -0.15) is 0 Å². The number of hydrogen-bond acceptors (Lipinski definition) is 5. The van der Waals surface area contributed by atoms with Crippen molar-refractivity contribution in [3.63, 3.8) is 0 Å². The SMILES string of the molecule is CCOC(=O)c1cccnc1NC1CCC(N)CC1. The van der Waals surface area contributed by atoms with Crippen molar-refractivity contribution in [3.05, 3.63) is 23.9 Å². The lowest BCUT2D eigenvalue weighted by molar-refractivity contribution is 0.0527. The molecule has 1 fully saturated rings. The Balaban J connectivity index is 2.05. The predicted molar refractivity (Wildman–Crippen MR) is 74.0 cm³/mol. The highest BCUT2D eigenvalue weighted by atomic mass is 16.5. The highest BCUT2D eigenvalue weighted by molar-refractivity contribution is 5.94. The summed E-state index contributed by atoms with van der Waals surface area (Å²) in [5, 5.41) is 3.34. The first-order valence-corrected chi connectivity index (χ1v) is 6.85. The van der Waals surface area contributed by atoms with Gasteiger partial charge in [0.05, 0.1) is 6.61 Å². The summed E-state index contributed by atoms with van der Waals surface area (Å²) in [4.78, 5) is 16.1. The molecule has 5 heteroatoms. The van der Waals surface area contributed by atoms with Crippen LogP contribution in [0.5, 0.6) is 0 Å². The largest absolute Gasteiger partial charge is 0.462 e. The number of pyridine rings is 1. The van der Waals surface area contributed by atoms with Gasteiger partial charge in [0, 0.05) is 18.3 Å². The molecular weight excluding hydrogens is 242 g/mol. The average Bonchev–Trinajstić information content (AvgIpc) is 2.42. The van der Waals surface area contributed by atoms with Crippen LogP contribution in [0, 0.1) is 0 Å². The van der Waals surface area contributed by atoms with Crippen LogP contribution in [0.1, 0.15) is 43.0 Å². The highest BCUT2D eigenvalue weighted by Gasteiger charge is 2.21. The maximum Gasteiger partial charge on any atom is 0.341 e. The molecule has 1 aromatic rings. The summed E-state index contributed by atoms with van der Waals surface area (Å²) in [5.41, 5.74) is 6.39. The molecule has 3 N–H and O–H groups in total. The van der Waals surface area contributed by atoms with Crippen molar-refractivity contribution < 1.29 is 9.53 Å². The van der Waals surface area contributed by atoms with E-state index in [4.69, 9.17) is 10.5 Å². The molecule has 19 heavy (non-hydrogen) atoms. The Labute approximate surface area is 113 Å². The molecule has 1 saturated carbocycles. The lowest BCUT2D eigenvalue weighted by atomic mass is 9.92. The van der Waals surface area contributed by atoms with Crippen LogP contribution in [0.3, 0.4) is 0 Å². The maximum atomic E-state index is 11.8. The summed E-state index contributed by atoms with van der Waals surface area (Å²) in [7, 11) is 0.